The summed E-state index contributed by atoms with van der Waals surface area (Å²) in [5.74, 6) is -0.333. The van der Waals surface area contributed by atoms with Gasteiger partial charge in [-0.1, -0.05) is 17.7 Å². The zero-order valence-electron chi connectivity index (χ0n) is 12.9. The number of hydrogen-bond acceptors (Lipinski definition) is 5. The van der Waals surface area contributed by atoms with E-state index in [4.69, 9.17) is 11.6 Å². The Hall–Kier alpha value is -1.96. The number of thiophene rings is 1. The molecular weight excluding hydrogens is 350 g/mol. The third kappa shape index (κ3) is 3.75. The minimum absolute atomic E-state index is 0.0548. The standard InChI is InChI=1S/C16H16ClN3O3S/c17-12-3-4-15(20(22)23)14(10-12)16(21)19-7-5-18(6-8-19)11-13-2-1-9-24-13/h1-4,9-10H,5-8,11H2. The van der Waals surface area contributed by atoms with E-state index in [1.165, 1.54) is 23.1 Å². The van der Waals surface area contributed by atoms with Gasteiger partial charge in [0, 0.05) is 48.7 Å². The molecule has 8 heteroatoms. The van der Waals surface area contributed by atoms with Crippen molar-refractivity contribution in [3.8, 4) is 0 Å². The molecule has 2 heterocycles. The van der Waals surface area contributed by atoms with Crippen molar-refractivity contribution in [2.45, 2.75) is 6.54 Å². The quantitative estimate of drug-likeness (QED) is 0.616. The number of rotatable bonds is 4. The monoisotopic (exact) mass is 365 g/mol. The van der Waals surface area contributed by atoms with E-state index in [1.54, 1.807) is 16.2 Å². The van der Waals surface area contributed by atoms with Crippen LogP contribution in [0, 0.1) is 10.1 Å². The van der Waals surface area contributed by atoms with Gasteiger partial charge in [-0.15, -0.1) is 11.3 Å². The van der Waals surface area contributed by atoms with Gasteiger partial charge in [-0.2, -0.15) is 0 Å². The first kappa shape index (κ1) is 16.9. The van der Waals surface area contributed by atoms with Crippen LogP contribution in [0.4, 0.5) is 5.69 Å². The van der Waals surface area contributed by atoms with Crippen LogP contribution in [0.25, 0.3) is 0 Å². The van der Waals surface area contributed by atoms with Gasteiger partial charge in [0.15, 0.2) is 0 Å². The summed E-state index contributed by atoms with van der Waals surface area (Å²) in [5, 5.41) is 13.5. The van der Waals surface area contributed by atoms with Crippen LogP contribution in [-0.4, -0.2) is 46.8 Å². The fraction of sp³-hybridized carbons (Fsp3) is 0.312. The highest BCUT2D eigenvalue weighted by Gasteiger charge is 2.27. The highest BCUT2D eigenvalue weighted by molar-refractivity contribution is 7.09. The van der Waals surface area contributed by atoms with Crippen molar-refractivity contribution in [3.63, 3.8) is 0 Å². The van der Waals surface area contributed by atoms with Gasteiger partial charge >= 0.3 is 0 Å². The molecule has 6 nitrogen and oxygen atoms in total. The lowest BCUT2D eigenvalue weighted by molar-refractivity contribution is -0.385. The highest BCUT2D eigenvalue weighted by Crippen LogP contribution is 2.25. The molecule has 0 radical (unpaired) electrons. The molecule has 3 rings (SSSR count). The SMILES string of the molecule is O=C(c1cc(Cl)ccc1[N+](=O)[O-])N1CCN(Cc2cccs2)CC1. The van der Waals surface area contributed by atoms with Crippen molar-refractivity contribution >= 4 is 34.5 Å². The first-order valence-electron chi connectivity index (χ1n) is 7.52. The molecule has 0 unspecified atom stereocenters. The maximum absolute atomic E-state index is 12.6. The highest BCUT2D eigenvalue weighted by atomic mass is 35.5. The summed E-state index contributed by atoms with van der Waals surface area (Å²) >= 11 is 7.62. The van der Waals surface area contributed by atoms with Crippen LogP contribution in [0.1, 0.15) is 15.2 Å². The van der Waals surface area contributed by atoms with Gasteiger partial charge in [-0.3, -0.25) is 19.8 Å². The Bertz CT molecular complexity index is 743. The third-order valence-corrected chi connectivity index (χ3v) is 5.10. The minimum Gasteiger partial charge on any atom is -0.336 e. The molecule has 1 aromatic carbocycles. The number of benzene rings is 1. The molecule has 0 saturated carbocycles. The molecule has 0 spiro atoms. The van der Waals surface area contributed by atoms with E-state index in [-0.39, 0.29) is 17.2 Å². The van der Waals surface area contributed by atoms with Gasteiger partial charge < -0.3 is 4.90 Å². The number of amides is 1. The molecule has 0 N–H and O–H groups in total. The summed E-state index contributed by atoms with van der Waals surface area (Å²) in [7, 11) is 0. The van der Waals surface area contributed by atoms with E-state index in [0.717, 1.165) is 19.6 Å². The summed E-state index contributed by atoms with van der Waals surface area (Å²) in [6, 6.07) is 8.20. The number of nitro groups is 1. The molecular formula is C16H16ClN3O3S. The molecule has 1 amide bonds. The molecule has 1 aliphatic rings. The Morgan fingerprint density at radius 3 is 2.62 bits per heavy atom. The van der Waals surface area contributed by atoms with Crippen LogP contribution >= 0.6 is 22.9 Å². The Kier molecular flexibility index (Phi) is 5.13. The molecule has 1 fully saturated rings. The predicted octanol–water partition coefficient (Wildman–Crippen LogP) is 3.27. The maximum atomic E-state index is 12.6. The van der Waals surface area contributed by atoms with Crippen LogP contribution in [0.2, 0.25) is 5.02 Å². The molecule has 1 aliphatic heterocycles. The smallest absolute Gasteiger partial charge is 0.282 e. The van der Waals surface area contributed by atoms with Crippen molar-refractivity contribution in [2.24, 2.45) is 0 Å². The van der Waals surface area contributed by atoms with Gasteiger partial charge in [-0.05, 0) is 23.6 Å². The van der Waals surface area contributed by atoms with Crippen LogP contribution in [0.15, 0.2) is 35.7 Å². The van der Waals surface area contributed by atoms with Crippen molar-refractivity contribution < 1.29 is 9.72 Å². The second-order valence-electron chi connectivity index (χ2n) is 5.57. The molecule has 0 atom stereocenters. The lowest BCUT2D eigenvalue weighted by Crippen LogP contribution is -2.48. The van der Waals surface area contributed by atoms with Gasteiger partial charge in [0.25, 0.3) is 11.6 Å². The van der Waals surface area contributed by atoms with Crippen LogP contribution in [0.3, 0.4) is 0 Å². The Morgan fingerprint density at radius 2 is 2.00 bits per heavy atom. The Morgan fingerprint density at radius 1 is 1.25 bits per heavy atom. The number of carbonyl (C=O) groups is 1. The van der Waals surface area contributed by atoms with Crippen LogP contribution in [0.5, 0.6) is 0 Å². The van der Waals surface area contributed by atoms with Crippen LogP contribution in [-0.2, 0) is 6.54 Å². The molecule has 1 aromatic heterocycles. The lowest BCUT2D eigenvalue weighted by atomic mass is 10.1. The largest absolute Gasteiger partial charge is 0.336 e. The van der Waals surface area contributed by atoms with E-state index < -0.39 is 4.92 Å². The second-order valence-corrected chi connectivity index (χ2v) is 7.03. The van der Waals surface area contributed by atoms with Crippen molar-refractivity contribution in [1.29, 1.82) is 0 Å². The number of hydrogen-bond donors (Lipinski definition) is 0. The van der Waals surface area contributed by atoms with Gasteiger partial charge in [0.1, 0.15) is 5.56 Å². The first-order valence-corrected chi connectivity index (χ1v) is 8.78. The van der Waals surface area contributed by atoms with E-state index >= 15 is 0 Å². The van der Waals surface area contributed by atoms with Gasteiger partial charge in [0.2, 0.25) is 0 Å². The predicted molar refractivity (Wildman–Crippen MR) is 93.6 cm³/mol. The summed E-state index contributed by atoms with van der Waals surface area (Å²) in [6.07, 6.45) is 0. The second kappa shape index (κ2) is 7.29. The maximum Gasteiger partial charge on any atom is 0.282 e. The van der Waals surface area contributed by atoms with E-state index in [1.807, 2.05) is 11.4 Å². The summed E-state index contributed by atoms with van der Waals surface area (Å²) in [4.78, 5) is 28.5. The lowest BCUT2D eigenvalue weighted by Gasteiger charge is -2.34. The number of piperazine rings is 1. The molecule has 126 valence electrons. The van der Waals surface area contributed by atoms with Crippen LogP contribution < -0.4 is 0 Å². The Labute approximate surface area is 148 Å². The third-order valence-electron chi connectivity index (χ3n) is 4.00. The number of nitro benzene ring substituents is 1. The topological polar surface area (TPSA) is 66.7 Å². The van der Waals surface area contributed by atoms with Crippen molar-refractivity contribution in [2.75, 3.05) is 26.2 Å². The van der Waals surface area contributed by atoms with E-state index in [0.29, 0.717) is 18.1 Å². The summed E-state index contributed by atoms with van der Waals surface area (Å²) < 4.78 is 0. The fourth-order valence-electron chi connectivity index (χ4n) is 2.74. The molecule has 0 bridgehead atoms. The normalized spacial score (nSPS) is 15.5. The average molecular weight is 366 g/mol. The number of carbonyl (C=O) groups excluding carboxylic acids is 1. The molecule has 1 saturated heterocycles. The fourth-order valence-corrected chi connectivity index (χ4v) is 3.66. The molecule has 24 heavy (non-hydrogen) atoms. The van der Waals surface area contributed by atoms with Gasteiger partial charge in [0.05, 0.1) is 4.92 Å². The summed E-state index contributed by atoms with van der Waals surface area (Å²) in [5.41, 5.74) is -0.148. The Balaban J connectivity index is 1.67. The first-order chi connectivity index (χ1) is 11.5. The average Bonchev–Trinajstić information content (AvgIpc) is 3.07. The molecule has 0 aliphatic carbocycles. The van der Waals surface area contributed by atoms with Crippen molar-refractivity contribution in [3.05, 3.63) is 61.3 Å². The number of halogens is 1. The van der Waals surface area contributed by atoms with E-state index in [9.17, 15) is 14.9 Å². The minimum atomic E-state index is -0.545. The molecule has 2 aromatic rings. The zero-order chi connectivity index (χ0) is 17.1. The van der Waals surface area contributed by atoms with Gasteiger partial charge in [-0.25, -0.2) is 0 Å². The van der Waals surface area contributed by atoms with E-state index in [2.05, 4.69) is 11.0 Å². The van der Waals surface area contributed by atoms with Crippen molar-refractivity contribution in [1.82, 2.24) is 9.80 Å². The zero-order valence-corrected chi connectivity index (χ0v) is 14.4. The number of nitrogens with zero attached hydrogens (tertiary/aromatic N) is 3. The summed E-state index contributed by atoms with van der Waals surface area (Å²) in [6.45, 7) is 3.47.